The number of pyridine rings is 1. The molecule has 0 unspecified atom stereocenters. The van der Waals surface area contributed by atoms with Crippen LogP contribution >= 0.6 is 0 Å². The Morgan fingerprint density at radius 3 is 2.72 bits per heavy atom. The number of H-pyrrole nitrogens is 1. The fourth-order valence-corrected chi connectivity index (χ4v) is 4.61. The van der Waals surface area contributed by atoms with Gasteiger partial charge in [0.1, 0.15) is 11.4 Å². The second-order valence-corrected chi connectivity index (χ2v) is 9.20. The molecular weight excluding hydrogens is 515 g/mol. The number of ketones is 1. The Balaban J connectivity index is 1.48. The molecule has 0 radical (unpaired) electrons. The number of benzene rings is 2. The number of halogens is 3. The van der Waals surface area contributed by atoms with Crippen LogP contribution in [-0.4, -0.2) is 52.8 Å². The van der Waals surface area contributed by atoms with E-state index in [0.717, 1.165) is 0 Å². The zero-order valence-corrected chi connectivity index (χ0v) is 20.9. The molecule has 1 aliphatic heterocycles. The molecule has 3 N–H and O–H groups in total. The molecule has 5 rings (SSSR count). The summed E-state index contributed by atoms with van der Waals surface area (Å²) in [6.07, 6.45) is 3.54. The first-order valence-corrected chi connectivity index (χ1v) is 12.4. The minimum absolute atomic E-state index is 0.0537. The molecule has 0 spiro atoms. The van der Waals surface area contributed by atoms with Gasteiger partial charge in [-0.15, -0.1) is 0 Å². The number of nitrogens with one attached hydrogen (secondary N) is 2. The van der Waals surface area contributed by atoms with Crippen LogP contribution in [0, 0.1) is 12.7 Å². The lowest BCUT2D eigenvalue weighted by Gasteiger charge is -2.30. The van der Waals surface area contributed by atoms with E-state index in [0.29, 0.717) is 40.8 Å². The second kappa shape index (κ2) is 11.3. The molecule has 39 heavy (non-hydrogen) atoms. The summed E-state index contributed by atoms with van der Waals surface area (Å²) in [6, 6.07) is 10.5. The predicted molar refractivity (Wildman–Crippen MR) is 137 cm³/mol. The van der Waals surface area contributed by atoms with E-state index in [1.54, 1.807) is 37.3 Å². The lowest BCUT2D eigenvalue weighted by atomic mass is 9.98. The van der Waals surface area contributed by atoms with Crippen molar-refractivity contribution in [3.8, 4) is 17.2 Å². The molecule has 1 saturated heterocycles. The van der Waals surface area contributed by atoms with Crippen LogP contribution in [0.1, 0.15) is 34.3 Å². The number of carbonyl (C=O) groups is 1. The predicted octanol–water partition coefficient (Wildman–Crippen LogP) is 5.59. The van der Waals surface area contributed by atoms with Crippen LogP contribution in [0.25, 0.3) is 11.0 Å². The van der Waals surface area contributed by atoms with E-state index in [2.05, 4.69) is 15.3 Å². The van der Waals surface area contributed by atoms with Crippen molar-refractivity contribution in [3.05, 3.63) is 77.4 Å². The lowest BCUT2D eigenvalue weighted by Crippen LogP contribution is -2.36. The number of para-hydroxylation sites is 1. The molecule has 1 fully saturated rings. The SMILES string of the molecule is Cc1cc(Oc2ccccc2F)ccc1C(=O)c1c[nH]c2ncc(OC(F)F)c(N[C@@H]3CC[C@@H](CO)OC3)c12. The summed E-state index contributed by atoms with van der Waals surface area (Å²) in [5, 5.41) is 12.8. The lowest BCUT2D eigenvalue weighted by molar-refractivity contribution is -0.0497. The van der Waals surface area contributed by atoms with Crippen LogP contribution in [0.4, 0.5) is 18.9 Å². The van der Waals surface area contributed by atoms with Gasteiger partial charge in [0.05, 0.1) is 42.2 Å². The number of ether oxygens (including phenoxy) is 3. The summed E-state index contributed by atoms with van der Waals surface area (Å²) in [7, 11) is 0. The number of aliphatic hydroxyl groups is 1. The molecule has 11 heteroatoms. The van der Waals surface area contributed by atoms with Gasteiger partial charge in [-0.2, -0.15) is 8.78 Å². The van der Waals surface area contributed by atoms with Gasteiger partial charge in [-0.05, 0) is 55.7 Å². The summed E-state index contributed by atoms with van der Waals surface area (Å²) < 4.78 is 56.5. The van der Waals surface area contributed by atoms with Gasteiger partial charge in [-0.3, -0.25) is 4.79 Å². The Bertz CT molecular complexity index is 1480. The van der Waals surface area contributed by atoms with Crippen molar-refractivity contribution in [1.29, 1.82) is 0 Å². The van der Waals surface area contributed by atoms with Gasteiger partial charge >= 0.3 is 6.61 Å². The van der Waals surface area contributed by atoms with Gasteiger partial charge in [0, 0.05) is 17.8 Å². The number of alkyl halides is 2. The molecule has 0 aliphatic carbocycles. The Hall–Kier alpha value is -4.09. The number of hydrogen-bond donors (Lipinski definition) is 3. The molecule has 2 atom stereocenters. The minimum atomic E-state index is -3.10. The largest absolute Gasteiger partial charge is 0.454 e. The first kappa shape index (κ1) is 26.5. The number of aromatic nitrogens is 2. The standard InChI is InChI=1S/C28H26F3N3O5/c1-15-10-17(38-22-5-3-2-4-21(22)29)8-9-19(15)26(36)20-11-32-27-24(20)25(23(12-33-27)39-28(30)31)34-16-6-7-18(13-35)37-14-16/h2-5,8-12,16,18,28,35H,6-7,13-14H2,1H3,(H2,32,33,34)/t16-,18+/m1/s1. The topological polar surface area (TPSA) is 106 Å². The normalized spacial score (nSPS) is 17.4. The van der Waals surface area contributed by atoms with Crippen LogP contribution in [0.15, 0.2) is 54.9 Å². The van der Waals surface area contributed by atoms with Gasteiger partial charge in [0.15, 0.2) is 23.1 Å². The van der Waals surface area contributed by atoms with Gasteiger partial charge in [0.25, 0.3) is 0 Å². The quantitative estimate of drug-likeness (QED) is 0.237. The van der Waals surface area contributed by atoms with E-state index in [-0.39, 0.29) is 53.9 Å². The summed E-state index contributed by atoms with van der Waals surface area (Å²) in [6.45, 7) is -1.25. The van der Waals surface area contributed by atoms with E-state index in [1.807, 2.05) is 0 Å². The first-order valence-electron chi connectivity index (χ1n) is 12.4. The van der Waals surface area contributed by atoms with Crippen LogP contribution in [0.5, 0.6) is 17.2 Å². The third-order valence-corrected chi connectivity index (χ3v) is 6.56. The number of anilines is 1. The number of aryl methyl sites for hydroxylation is 1. The van der Waals surface area contributed by atoms with Crippen LogP contribution in [0.3, 0.4) is 0 Å². The molecule has 8 nitrogen and oxygen atoms in total. The molecule has 0 amide bonds. The number of aromatic amines is 1. The van der Waals surface area contributed by atoms with Crippen molar-refractivity contribution in [3.63, 3.8) is 0 Å². The highest BCUT2D eigenvalue weighted by atomic mass is 19.3. The number of aliphatic hydroxyl groups excluding tert-OH is 1. The molecule has 1 aliphatic rings. The maximum Gasteiger partial charge on any atom is 0.387 e. The number of rotatable bonds is 9. The van der Waals surface area contributed by atoms with Gasteiger partial charge in [-0.25, -0.2) is 9.37 Å². The highest BCUT2D eigenvalue weighted by Gasteiger charge is 2.27. The molecule has 3 heterocycles. The minimum Gasteiger partial charge on any atom is -0.454 e. The molecular formula is C28H26F3N3O5. The number of fused-ring (bicyclic) bond motifs is 1. The summed E-state index contributed by atoms with van der Waals surface area (Å²) >= 11 is 0. The van der Waals surface area contributed by atoms with E-state index < -0.39 is 12.4 Å². The number of nitrogens with zero attached hydrogens (tertiary/aromatic N) is 1. The number of carbonyl (C=O) groups excluding carboxylic acids is 1. The van der Waals surface area contributed by atoms with Crippen LogP contribution < -0.4 is 14.8 Å². The van der Waals surface area contributed by atoms with Crippen molar-refractivity contribution in [1.82, 2.24) is 9.97 Å². The summed E-state index contributed by atoms with van der Waals surface area (Å²) in [5.41, 5.74) is 1.62. The van der Waals surface area contributed by atoms with E-state index in [9.17, 15) is 23.1 Å². The Labute approximate surface area is 221 Å². The van der Waals surface area contributed by atoms with Crippen molar-refractivity contribution >= 4 is 22.5 Å². The number of hydrogen-bond acceptors (Lipinski definition) is 7. The van der Waals surface area contributed by atoms with Crippen LogP contribution in [-0.2, 0) is 4.74 Å². The molecule has 0 saturated carbocycles. The molecule has 204 valence electrons. The smallest absolute Gasteiger partial charge is 0.387 e. The van der Waals surface area contributed by atoms with Crippen molar-refractivity contribution in [2.75, 3.05) is 18.5 Å². The van der Waals surface area contributed by atoms with Gasteiger partial charge in [0.2, 0.25) is 0 Å². The molecule has 2 aromatic heterocycles. The zero-order chi connectivity index (χ0) is 27.5. The van der Waals surface area contributed by atoms with E-state index in [1.165, 1.54) is 24.5 Å². The molecule has 2 aromatic carbocycles. The Kier molecular flexibility index (Phi) is 7.71. The average Bonchev–Trinajstić information content (AvgIpc) is 3.36. The highest BCUT2D eigenvalue weighted by Crippen LogP contribution is 2.38. The third-order valence-electron chi connectivity index (χ3n) is 6.56. The van der Waals surface area contributed by atoms with Crippen molar-refractivity contribution in [2.45, 2.75) is 38.5 Å². The molecule has 0 bridgehead atoms. The molecule has 4 aromatic rings. The van der Waals surface area contributed by atoms with Gasteiger partial charge < -0.3 is 29.6 Å². The first-order chi connectivity index (χ1) is 18.8. The second-order valence-electron chi connectivity index (χ2n) is 9.20. The maximum atomic E-state index is 14.0. The third kappa shape index (κ3) is 5.69. The van der Waals surface area contributed by atoms with Crippen molar-refractivity contribution in [2.24, 2.45) is 0 Å². The summed E-state index contributed by atoms with van der Waals surface area (Å²) in [4.78, 5) is 20.8. The van der Waals surface area contributed by atoms with E-state index in [4.69, 9.17) is 14.2 Å². The zero-order valence-electron chi connectivity index (χ0n) is 20.9. The van der Waals surface area contributed by atoms with Crippen molar-refractivity contribution < 1.29 is 37.3 Å². The Morgan fingerprint density at radius 1 is 1.21 bits per heavy atom. The van der Waals surface area contributed by atoms with Crippen LogP contribution in [0.2, 0.25) is 0 Å². The Morgan fingerprint density at radius 2 is 2.03 bits per heavy atom. The fourth-order valence-electron chi connectivity index (χ4n) is 4.61. The maximum absolute atomic E-state index is 14.0. The fraction of sp³-hybridized carbons (Fsp3) is 0.286. The summed E-state index contributed by atoms with van der Waals surface area (Å²) in [5.74, 6) is -0.698. The highest BCUT2D eigenvalue weighted by molar-refractivity contribution is 6.19. The van der Waals surface area contributed by atoms with E-state index >= 15 is 0 Å². The van der Waals surface area contributed by atoms with Gasteiger partial charge in [-0.1, -0.05) is 12.1 Å². The monoisotopic (exact) mass is 541 g/mol. The average molecular weight is 542 g/mol.